The monoisotopic (exact) mass is 366 g/mol. The highest BCUT2D eigenvalue weighted by Crippen LogP contribution is 2.39. The fourth-order valence-electron chi connectivity index (χ4n) is 4.12. The van der Waals surface area contributed by atoms with Gasteiger partial charge in [0.2, 0.25) is 0 Å². The van der Waals surface area contributed by atoms with Crippen molar-refractivity contribution in [3.8, 4) is 0 Å². The Kier molecular flexibility index (Phi) is 5.69. The molecule has 0 unspecified atom stereocenters. The van der Waals surface area contributed by atoms with Gasteiger partial charge in [0.1, 0.15) is 5.82 Å². The van der Waals surface area contributed by atoms with Gasteiger partial charge in [0.25, 0.3) is 5.91 Å². The van der Waals surface area contributed by atoms with Gasteiger partial charge < -0.3 is 10.6 Å². The van der Waals surface area contributed by atoms with E-state index in [0.717, 1.165) is 25.3 Å². The smallest absolute Gasteiger partial charge is 0.251 e. The van der Waals surface area contributed by atoms with Crippen molar-refractivity contribution < 1.29 is 9.18 Å². The first-order valence-corrected chi connectivity index (χ1v) is 9.71. The van der Waals surface area contributed by atoms with Gasteiger partial charge in [-0.25, -0.2) is 4.39 Å². The van der Waals surface area contributed by atoms with E-state index < -0.39 is 5.82 Å². The normalized spacial score (nSPS) is 24.2. The first-order valence-electron chi connectivity index (χ1n) is 9.34. The van der Waals surface area contributed by atoms with E-state index in [0.29, 0.717) is 11.5 Å². The molecular formula is C20H28ClFN2O. The van der Waals surface area contributed by atoms with Gasteiger partial charge in [0, 0.05) is 29.2 Å². The Balaban J connectivity index is 1.41. The molecule has 2 fully saturated rings. The first-order chi connectivity index (χ1) is 11.8. The highest BCUT2D eigenvalue weighted by Gasteiger charge is 2.35. The van der Waals surface area contributed by atoms with Crippen LogP contribution in [0.4, 0.5) is 4.39 Å². The van der Waals surface area contributed by atoms with Gasteiger partial charge in [-0.3, -0.25) is 4.79 Å². The summed E-state index contributed by atoms with van der Waals surface area (Å²) < 4.78 is 13.3. The maximum Gasteiger partial charge on any atom is 0.251 e. The van der Waals surface area contributed by atoms with Crippen molar-refractivity contribution in [1.82, 2.24) is 10.6 Å². The minimum atomic E-state index is -0.486. The van der Waals surface area contributed by atoms with Gasteiger partial charge in [-0.1, -0.05) is 38.3 Å². The van der Waals surface area contributed by atoms with Crippen molar-refractivity contribution in [1.29, 1.82) is 0 Å². The van der Waals surface area contributed by atoms with Crippen LogP contribution in [0.2, 0.25) is 5.02 Å². The third-order valence-electron chi connectivity index (χ3n) is 5.90. The van der Waals surface area contributed by atoms with Crippen LogP contribution in [0.1, 0.15) is 62.7 Å². The predicted molar refractivity (Wildman–Crippen MR) is 99.4 cm³/mol. The fraction of sp³-hybridized carbons (Fsp3) is 0.650. The summed E-state index contributed by atoms with van der Waals surface area (Å²) in [5.74, 6) is 0.0874. The predicted octanol–water partition coefficient (Wildman–Crippen LogP) is 4.55. The molecule has 2 N–H and O–H groups in total. The summed E-state index contributed by atoms with van der Waals surface area (Å²) in [5, 5.41) is 6.87. The third-order valence-corrected chi connectivity index (χ3v) is 6.12. The van der Waals surface area contributed by atoms with Crippen LogP contribution >= 0.6 is 11.6 Å². The number of carbonyl (C=O) groups is 1. The molecule has 0 heterocycles. The second-order valence-corrected chi connectivity index (χ2v) is 8.78. The lowest BCUT2D eigenvalue weighted by Crippen LogP contribution is -2.54. The number of amides is 1. The minimum Gasteiger partial charge on any atom is -0.349 e. The summed E-state index contributed by atoms with van der Waals surface area (Å²) in [6.45, 7) is 5.76. The van der Waals surface area contributed by atoms with Crippen LogP contribution in [0.3, 0.4) is 0 Å². The molecular weight excluding hydrogens is 339 g/mol. The maximum absolute atomic E-state index is 13.3. The average Bonchev–Trinajstić information content (AvgIpc) is 3.03. The second kappa shape index (κ2) is 7.63. The molecule has 0 atom stereocenters. The molecule has 1 amide bonds. The van der Waals surface area contributed by atoms with E-state index in [4.69, 9.17) is 11.6 Å². The molecule has 1 aromatic rings. The first kappa shape index (κ1) is 18.7. The Morgan fingerprint density at radius 1 is 1.20 bits per heavy atom. The van der Waals surface area contributed by atoms with Gasteiger partial charge in [0.15, 0.2) is 0 Å². The van der Waals surface area contributed by atoms with Crippen LogP contribution in [-0.4, -0.2) is 24.5 Å². The van der Waals surface area contributed by atoms with Crippen LogP contribution in [0.15, 0.2) is 18.2 Å². The molecule has 1 aromatic carbocycles. The lowest BCUT2D eigenvalue weighted by Gasteiger charge is -2.40. The Morgan fingerprint density at radius 3 is 2.52 bits per heavy atom. The summed E-state index contributed by atoms with van der Waals surface area (Å²) in [6.07, 6.45) is 7.30. The molecule has 138 valence electrons. The van der Waals surface area contributed by atoms with E-state index in [2.05, 4.69) is 24.5 Å². The van der Waals surface area contributed by atoms with Crippen molar-refractivity contribution in [3.05, 3.63) is 34.6 Å². The standard InChI is InChI=1S/C20H28ClFN2O/c1-20(2,14-5-3-4-6-14)12-23-17-10-18(11-17)24-19(25)13-7-15(21)9-16(22)8-13/h7-9,14,17-18,23H,3-6,10-12H2,1-2H3,(H,24,25)/t17-,18-. The van der Waals surface area contributed by atoms with Crippen molar-refractivity contribution in [3.63, 3.8) is 0 Å². The summed E-state index contributed by atoms with van der Waals surface area (Å²) in [7, 11) is 0. The topological polar surface area (TPSA) is 41.1 Å². The maximum atomic E-state index is 13.3. The highest BCUT2D eigenvalue weighted by atomic mass is 35.5. The van der Waals surface area contributed by atoms with Gasteiger partial charge >= 0.3 is 0 Å². The number of hydrogen-bond donors (Lipinski definition) is 2. The zero-order valence-corrected chi connectivity index (χ0v) is 15.8. The van der Waals surface area contributed by atoms with Gasteiger partial charge in [-0.05, 0) is 55.2 Å². The Morgan fingerprint density at radius 2 is 1.88 bits per heavy atom. The third kappa shape index (κ3) is 4.73. The SMILES string of the molecule is CC(C)(CN[C@H]1C[C@H](NC(=O)c2cc(F)cc(Cl)c2)C1)C1CCCC1. The van der Waals surface area contributed by atoms with Crippen molar-refractivity contribution in [2.75, 3.05) is 6.54 Å². The van der Waals surface area contributed by atoms with Crippen molar-refractivity contribution >= 4 is 17.5 Å². The summed E-state index contributed by atoms with van der Waals surface area (Å²) in [5.41, 5.74) is 0.618. The lowest BCUT2D eigenvalue weighted by molar-refractivity contribution is 0.0894. The summed E-state index contributed by atoms with van der Waals surface area (Å²) in [6, 6.07) is 4.54. The molecule has 0 bridgehead atoms. The molecule has 25 heavy (non-hydrogen) atoms. The molecule has 0 spiro atoms. The molecule has 2 saturated carbocycles. The molecule has 3 nitrogen and oxygen atoms in total. The van der Waals surface area contributed by atoms with Crippen LogP contribution < -0.4 is 10.6 Å². The van der Waals surface area contributed by atoms with E-state index in [1.807, 2.05) is 0 Å². The van der Waals surface area contributed by atoms with E-state index in [1.165, 1.54) is 43.9 Å². The molecule has 0 aliphatic heterocycles. The van der Waals surface area contributed by atoms with E-state index in [-0.39, 0.29) is 22.5 Å². The van der Waals surface area contributed by atoms with Crippen LogP contribution in [0, 0.1) is 17.2 Å². The molecule has 5 heteroatoms. The Bertz CT molecular complexity index is 602. The average molecular weight is 367 g/mol. The van der Waals surface area contributed by atoms with Crippen LogP contribution in [0.5, 0.6) is 0 Å². The number of nitrogens with one attached hydrogen (secondary N) is 2. The molecule has 0 radical (unpaired) electrons. The summed E-state index contributed by atoms with van der Waals surface area (Å²) >= 11 is 5.81. The molecule has 0 saturated heterocycles. The largest absolute Gasteiger partial charge is 0.349 e. The quantitative estimate of drug-likeness (QED) is 0.775. The van der Waals surface area contributed by atoms with Gasteiger partial charge in [0.05, 0.1) is 0 Å². The van der Waals surface area contributed by atoms with Gasteiger partial charge in [-0.2, -0.15) is 0 Å². The number of halogens is 2. The van der Waals surface area contributed by atoms with Crippen molar-refractivity contribution in [2.24, 2.45) is 11.3 Å². The molecule has 2 aliphatic carbocycles. The molecule has 3 rings (SSSR count). The van der Waals surface area contributed by atoms with Crippen LogP contribution in [0.25, 0.3) is 0 Å². The zero-order valence-electron chi connectivity index (χ0n) is 15.1. The number of carbonyl (C=O) groups excluding carboxylic acids is 1. The number of benzene rings is 1. The zero-order chi connectivity index (χ0) is 18.0. The van der Waals surface area contributed by atoms with Crippen molar-refractivity contribution in [2.45, 2.75) is 64.5 Å². The number of hydrogen-bond acceptors (Lipinski definition) is 2. The molecule has 0 aromatic heterocycles. The van der Waals surface area contributed by atoms with Crippen LogP contribution in [-0.2, 0) is 0 Å². The van der Waals surface area contributed by atoms with E-state index >= 15 is 0 Å². The fourth-order valence-corrected chi connectivity index (χ4v) is 4.34. The minimum absolute atomic E-state index is 0.154. The Hall–Kier alpha value is -1.13. The Labute approximate surface area is 154 Å². The summed E-state index contributed by atoms with van der Waals surface area (Å²) in [4.78, 5) is 12.2. The molecule has 2 aliphatic rings. The lowest BCUT2D eigenvalue weighted by atomic mass is 9.76. The number of rotatable bonds is 6. The van der Waals surface area contributed by atoms with E-state index in [9.17, 15) is 9.18 Å². The van der Waals surface area contributed by atoms with Gasteiger partial charge in [-0.15, -0.1) is 0 Å². The highest BCUT2D eigenvalue weighted by molar-refractivity contribution is 6.31. The van der Waals surface area contributed by atoms with E-state index in [1.54, 1.807) is 0 Å². The second-order valence-electron chi connectivity index (χ2n) is 8.35.